The van der Waals surface area contributed by atoms with Crippen molar-refractivity contribution in [2.75, 3.05) is 24.6 Å². The monoisotopic (exact) mass is 350 g/mol. The third-order valence-corrected chi connectivity index (χ3v) is 8.74. The van der Waals surface area contributed by atoms with Crippen molar-refractivity contribution < 1.29 is 16.8 Å². The summed E-state index contributed by atoms with van der Waals surface area (Å²) in [5.74, 6) is -0.179. The van der Waals surface area contributed by atoms with Gasteiger partial charge in [-0.15, -0.1) is 11.3 Å². The average Bonchev–Trinajstić information content (AvgIpc) is 3.12. The van der Waals surface area contributed by atoms with Crippen LogP contribution in [0.5, 0.6) is 0 Å². The van der Waals surface area contributed by atoms with Gasteiger partial charge >= 0.3 is 0 Å². The highest BCUT2D eigenvalue weighted by atomic mass is 32.2. The van der Waals surface area contributed by atoms with Crippen molar-refractivity contribution in [3.8, 4) is 0 Å². The normalized spacial score (nSPS) is 23.2. The second-order valence-corrected chi connectivity index (χ2v) is 11.1. The zero-order chi connectivity index (χ0) is 15.1. The fraction of sp³-hybridized carbons (Fsp3) is 0.667. The van der Waals surface area contributed by atoms with E-state index < -0.39 is 19.9 Å². The lowest BCUT2D eigenvalue weighted by Gasteiger charge is -2.25. The number of hydrogen-bond acceptors (Lipinski definition) is 6. The lowest BCUT2D eigenvalue weighted by atomic mass is 10.4. The quantitative estimate of drug-likeness (QED) is 0.832. The second kappa shape index (κ2) is 5.62. The van der Waals surface area contributed by atoms with E-state index in [0.717, 1.165) is 4.88 Å². The Balaban J connectivity index is 1.69. The van der Waals surface area contributed by atoms with Gasteiger partial charge in [0.1, 0.15) is 4.21 Å². The summed E-state index contributed by atoms with van der Waals surface area (Å²) in [6.07, 6.45) is 2.39. The molecule has 0 unspecified atom stereocenters. The van der Waals surface area contributed by atoms with Crippen molar-refractivity contribution in [2.24, 2.45) is 0 Å². The molecule has 0 spiro atoms. The van der Waals surface area contributed by atoms with Crippen LogP contribution in [0.15, 0.2) is 16.3 Å². The summed E-state index contributed by atoms with van der Waals surface area (Å²) in [4.78, 5) is 0.991. The van der Waals surface area contributed by atoms with Crippen LogP contribution in [0.3, 0.4) is 0 Å². The van der Waals surface area contributed by atoms with Gasteiger partial charge in [-0.05, 0) is 25.0 Å². The lowest BCUT2D eigenvalue weighted by molar-refractivity contribution is 0.432. The van der Waals surface area contributed by atoms with Crippen LogP contribution in [0.1, 0.15) is 17.7 Å². The maximum Gasteiger partial charge on any atom is 0.252 e. The minimum atomic E-state index is -3.55. The van der Waals surface area contributed by atoms with Gasteiger partial charge < -0.3 is 5.32 Å². The number of hydrogen-bond donors (Lipinski definition) is 1. The first-order valence-corrected chi connectivity index (χ1v) is 11.0. The minimum Gasteiger partial charge on any atom is -0.309 e. The molecule has 1 aliphatic heterocycles. The summed E-state index contributed by atoms with van der Waals surface area (Å²) < 4.78 is 49.3. The molecule has 2 aliphatic rings. The SMILES string of the molecule is O=S1(=O)CCN(S(=O)(=O)c2ccc(CNC3CC3)s2)CC1. The Labute approximate surface area is 129 Å². The Morgan fingerprint density at radius 2 is 1.90 bits per heavy atom. The van der Waals surface area contributed by atoms with E-state index in [2.05, 4.69) is 5.32 Å². The maximum atomic E-state index is 12.5. The molecule has 0 bridgehead atoms. The summed E-state index contributed by atoms with van der Waals surface area (Å²) in [5, 5.41) is 3.35. The summed E-state index contributed by atoms with van der Waals surface area (Å²) >= 11 is 1.26. The summed E-state index contributed by atoms with van der Waals surface area (Å²) in [6.45, 7) is 0.801. The molecule has 2 fully saturated rings. The van der Waals surface area contributed by atoms with E-state index in [1.807, 2.05) is 6.07 Å². The molecule has 0 amide bonds. The molecule has 21 heavy (non-hydrogen) atoms. The minimum absolute atomic E-state index is 0.0538. The van der Waals surface area contributed by atoms with Gasteiger partial charge in [0.15, 0.2) is 9.84 Å². The van der Waals surface area contributed by atoms with Gasteiger partial charge in [0.2, 0.25) is 0 Å². The van der Waals surface area contributed by atoms with Crippen molar-refractivity contribution in [2.45, 2.75) is 29.6 Å². The first kappa shape index (κ1) is 15.4. The van der Waals surface area contributed by atoms with Crippen molar-refractivity contribution in [1.82, 2.24) is 9.62 Å². The number of rotatable bonds is 5. The molecule has 0 radical (unpaired) electrons. The third-order valence-electron chi connectivity index (χ3n) is 3.68. The largest absolute Gasteiger partial charge is 0.309 e. The Kier molecular flexibility index (Phi) is 4.12. The van der Waals surface area contributed by atoms with Gasteiger partial charge in [-0.1, -0.05) is 0 Å². The topological polar surface area (TPSA) is 83.6 Å². The molecule has 1 N–H and O–H groups in total. The Morgan fingerprint density at radius 3 is 2.52 bits per heavy atom. The van der Waals surface area contributed by atoms with Crippen LogP contribution in [0.2, 0.25) is 0 Å². The van der Waals surface area contributed by atoms with Gasteiger partial charge in [0.25, 0.3) is 10.0 Å². The third kappa shape index (κ3) is 3.65. The zero-order valence-electron chi connectivity index (χ0n) is 11.5. The molecule has 118 valence electrons. The highest BCUT2D eigenvalue weighted by molar-refractivity contribution is 7.92. The van der Waals surface area contributed by atoms with Crippen LogP contribution in [0.25, 0.3) is 0 Å². The van der Waals surface area contributed by atoms with Crippen molar-refractivity contribution in [3.63, 3.8) is 0 Å². The molecule has 1 aliphatic carbocycles. The molecule has 0 atom stereocenters. The highest BCUT2D eigenvalue weighted by Gasteiger charge is 2.32. The fourth-order valence-corrected chi connectivity index (χ4v) is 6.52. The molecular formula is C12H18N2O4S3. The van der Waals surface area contributed by atoms with Gasteiger partial charge in [-0.25, -0.2) is 16.8 Å². The Bertz CT molecular complexity index is 705. The molecule has 0 aromatic carbocycles. The van der Waals surface area contributed by atoms with Crippen molar-refractivity contribution in [3.05, 3.63) is 17.0 Å². The van der Waals surface area contributed by atoms with Crippen LogP contribution >= 0.6 is 11.3 Å². The van der Waals surface area contributed by atoms with E-state index >= 15 is 0 Å². The molecule has 1 aromatic rings. The van der Waals surface area contributed by atoms with E-state index in [1.54, 1.807) is 6.07 Å². The number of sulfonamides is 1. The van der Waals surface area contributed by atoms with E-state index in [1.165, 1.54) is 28.5 Å². The van der Waals surface area contributed by atoms with E-state index in [0.29, 0.717) is 16.8 Å². The Morgan fingerprint density at radius 1 is 1.24 bits per heavy atom. The van der Waals surface area contributed by atoms with E-state index in [4.69, 9.17) is 0 Å². The molecule has 9 heteroatoms. The first-order chi connectivity index (χ1) is 9.87. The molecular weight excluding hydrogens is 332 g/mol. The maximum absolute atomic E-state index is 12.5. The van der Waals surface area contributed by atoms with Gasteiger partial charge in [-0.3, -0.25) is 0 Å². The summed E-state index contributed by atoms with van der Waals surface area (Å²) in [5.41, 5.74) is 0. The van der Waals surface area contributed by atoms with Gasteiger partial charge in [0.05, 0.1) is 11.5 Å². The van der Waals surface area contributed by atoms with Gasteiger partial charge in [0, 0.05) is 30.6 Å². The second-order valence-electron chi connectivity index (χ2n) is 5.43. The highest BCUT2D eigenvalue weighted by Crippen LogP contribution is 2.27. The zero-order valence-corrected chi connectivity index (χ0v) is 13.9. The molecule has 2 heterocycles. The standard InChI is InChI=1S/C12H18N2O4S3/c15-20(16)7-5-14(6-8-20)21(17,18)12-4-3-11(19-12)9-13-10-1-2-10/h3-4,10,13H,1-2,5-9H2. The van der Waals surface area contributed by atoms with Crippen LogP contribution in [0.4, 0.5) is 0 Å². The predicted molar refractivity (Wildman–Crippen MR) is 81.6 cm³/mol. The van der Waals surface area contributed by atoms with Crippen LogP contribution in [-0.4, -0.2) is 51.8 Å². The number of thiophene rings is 1. The van der Waals surface area contributed by atoms with E-state index in [9.17, 15) is 16.8 Å². The lowest BCUT2D eigenvalue weighted by Crippen LogP contribution is -2.43. The smallest absolute Gasteiger partial charge is 0.252 e. The average molecular weight is 350 g/mol. The summed E-state index contributed by atoms with van der Waals surface area (Å²) in [7, 11) is -6.63. The van der Waals surface area contributed by atoms with Crippen LogP contribution in [0, 0.1) is 0 Å². The molecule has 1 saturated carbocycles. The van der Waals surface area contributed by atoms with Gasteiger partial charge in [-0.2, -0.15) is 4.31 Å². The molecule has 3 rings (SSSR count). The number of nitrogens with one attached hydrogen (secondary N) is 1. The number of sulfone groups is 1. The first-order valence-electron chi connectivity index (χ1n) is 6.89. The van der Waals surface area contributed by atoms with E-state index in [-0.39, 0.29) is 24.6 Å². The Hall–Kier alpha value is -0.480. The van der Waals surface area contributed by atoms with Crippen LogP contribution in [-0.2, 0) is 26.4 Å². The van der Waals surface area contributed by atoms with Crippen molar-refractivity contribution >= 4 is 31.2 Å². The predicted octanol–water partition coefficient (Wildman–Crippen LogP) is 0.419. The summed E-state index contributed by atoms with van der Waals surface area (Å²) in [6, 6.07) is 4.03. The molecule has 6 nitrogen and oxygen atoms in total. The number of nitrogens with zero attached hydrogens (tertiary/aromatic N) is 1. The van der Waals surface area contributed by atoms with Crippen molar-refractivity contribution in [1.29, 1.82) is 0 Å². The molecule has 1 saturated heterocycles. The fourth-order valence-electron chi connectivity index (χ4n) is 2.19. The van der Waals surface area contributed by atoms with Crippen LogP contribution < -0.4 is 5.32 Å². The molecule has 1 aromatic heterocycles.